The van der Waals surface area contributed by atoms with Crippen LogP contribution >= 0.6 is 0 Å². The van der Waals surface area contributed by atoms with E-state index in [9.17, 15) is 4.79 Å². The standard InChI is InChI=1S/C18H22N2O2/c1-13(2)20(12-14-6-4-3-5-7-14)17-9-8-15(10-16(17)19)11-18(21)22/h3-10,13H,11-12,19H2,1-2H3,(H,21,22). The van der Waals surface area contributed by atoms with Gasteiger partial charge in [-0.25, -0.2) is 0 Å². The van der Waals surface area contributed by atoms with Gasteiger partial charge in [0.2, 0.25) is 0 Å². The molecule has 0 saturated carbocycles. The Labute approximate surface area is 131 Å². The third kappa shape index (κ3) is 4.01. The third-order valence-corrected chi connectivity index (χ3v) is 3.58. The van der Waals surface area contributed by atoms with Gasteiger partial charge in [-0.15, -0.1) is 0 Å². The maximum Gasteiger partial charge on any atom is 0.307 e. The van der Waals surface area contributed by atoms with E-state index in [4.69, 9.17) is 10.8 Å². The molecule has 0 aliphatic rings. The molecule has 0 amide bonds. The van der Waals surface area contributed by atoms with Crippen LogP contribution in [0.3, 0.4) is 0 Å². The summed E-state index contributed by atoms with van der Waals surface area (Å²) in [5, 5.41) is 8.87. The Hall–Kier alpha value is -2.49. The highest BCUT2D eigenvalue weighted by Crippen LogP contribution is 2.28. The molecular weight excluding hydrogens is 276 g/mol. The van der Waals surface area contributed by atoms with Crippen LogP contribution < -0.4 is 10.6 Å². The number of anilines is 2. The van der Waals surface area contributed by atoms with Gasteiger partial charge in [-0.3, -0.25) is 4.79 Å². The van der Waals surface area contributed by atoms with Gasteiger partial charge in [-0.2, -0.15) is 0 Å². The Balaban J connectivity index is 2.27. The van der Waals surface area contributed by atoms with Crippen molar-refractivity contribution in [2.75, 3.05) is 10.6 Å². The summed E-state index contributed by atoms with van der Waals surface area (Å²) in [7, 11) is 0. The fourth-order valence-electron chi connectivity index (χ4n) is 2.48. The number of carbonyl (C=O) groups is 1. The quantitative estimate of drug-likeness (QED) is 0.803. The van der Waals surface area contributed by atoms with E-state index in [-0.39, 0.29) is 12.5 Å². The molecule has 0 spiro atoms. The summed E-state index contributed by atoms with van der Waals surface area (Å²) in [5.41, 5.74) is 9.64. The van der Waals surface area contributed by atoms with Gasteiger partial charge in [0.05, 0.1) is 17.8 Å². The highest BCUT2D eigenvalue weighted by atomic mass is 16.4. The molecule has 116 valence electrons. The van der Waals surface area contributed by atoms with Crippen LogP contribution in [0.15, 0.2) is 48.5 Å². The number of rotatable bonds is 6. The van der Waals surface area contributed by atoms with Gasteiger partial charge in [0.1, 0.15) is 0 Å². The number of hydrogen-bond donors (Lipinski definition) is 2. The first kappa shape index (κ1) is 15.9. The molecule has 0 unspecified atom stereocenters. The lowest BCUT2D eigenvalue weighted by atomic mass is 10.1. The third-order valence-electron chi connectivity index (χ3n) is 3.58. The number of nitrogen functional groups attached to an aromatic ring is 1. The van der Waals surface area contributed by atoms with Crippen LogP contribution in [0.25, 0.3) is 0 Å². The lowest BCUT2D eigenvalue weighted by Gasteiger charge is -2.30. The number of carboxylic acid groups (broad SMARTS) is 1. The molecule has 0 fully saturated rings. The molecule has 0 aliphatic heterocycles. The Morgan fingerprint density at radius 3 is 2.36 bits per heavy atom. The van der Waals surface area contributed by atoms with Gasteiger partial charge in [0, 0.05) is 12.6 Å². The second kappa shape index (κ2) is 6.98. The average molecular weight is 298 g/mol. The minimum absolute atomic E-state index is 0.00908. The van der Waals surface area contributed by atoms with Crippen molar-refractivity contribution in [2.24, 2.45) is 0 Å². The van der Waals surface area contributed by atoms with E-state index >= 15 is 0 Å². The van der Waals surface area contributed by atoms with Gasteiger partial charge in [0.15, 0.2) is 0 Å². The molecule has 0 saturated heterocycles. The molecule has 2 rings (SSSR count). The van der Waals surface area contributed by atoms with Crippen molar-refractivity contribution < 1.29 is 9.90 Å². The van der Waals surface area contributed by atoms with Gasteiger partial charge in [-0.05, 0) is 37.1 Å². The van der Waals surface area contributed by atoms with Crippen molar-refractivity contribution in [2.45, 2.75) is 32.9 Å². The summed E-state index contributed by atoms with van der Waals surface area (Å²) >= 11 is 0. The number of aliphatic carboxylic acids is 1. The molecule has 4 heteroatoms. The molecule has 3 N–H and O–H groups in total. The first-order valence-electron chi connectivity index (χ1n) is 7.38. The summed E-state index contributed by atoms with van der Waals surface area (Å²) in [5.74, 6) is -0.850. The van der Waals surface area contributed by atoms with E-state index in [0.717, 1.165) is 17.8 Å². The minimum atomic E-state index is -0.850. The molecule has 2 aromatic carbocycles. The Bertz CT molecular complexity index is 639. The highest BCUT2D eigenvalue weighted by molar-refractivity contribution is 5.74. The van der Waals surface area contributed by atoms with Crippen molar-refractivity contribution in [3.63, 3.8) is 0 Å². The van der Waals surface area contributed by atoms with Crippen molar-refractivity contribution >= 4 is 17.3 Å². The van der Waals surface area contributed by atoms with Gasteiger partial charge in [0.25, 0.3) is 0 Å². The van der Waals surface area contributed by atoms with Crippen molar-refractivity contribution in [3.8, 4) is 0 Å². The molecule has 2 aromatic rings. The van der Waals surface area contributed by atoms with E-state index in [0.29, 0.717) is 5.69 Å². The van der Waals surface area contributed by atoms with Gasteiger partial charge >= 0.3 is 5.97 Å². The van der Waals surface area contributed by atoms with Crippen LogP contribution in [-0.4, -0.2) is 17.1 Å². The minimum Gasteiger partial charge on any atom is -0.481 e. The Kier molecular flexibility index (Phi) is 5.04. The molecule has 22 heavy (non-hydrogen) atoms. The lowest BCUT2D eigenvalue weighted by Crippen LogP contribution is -2.30. The van der Waals surface area contributed by atoms with E-state index in [1.807, 2.05) is 30.3 Å². The summed E-state index contributed by atoms with van der Waals surface area (Å²) in [6, 6.07) is 16.0. The van der Waals surface area contributed by atoms with Crippen molar-refractivity contribution in [3.05, 3.63) is 59.7 Å². The van der Waals surface area contributed by atoms with Crippen LogP contribution in [0, 0.1) is 0 Å². The molecule has 4 nitrogen and oxygen atoms in total. The van der Waals surface area contributed by atoms with Gasteiger partial charge in [-0.1, -0.05) is 36.4 Å². The van der Waals surface area contributed by atoms with E-state index in [1.165, 1.54) is 5.56 Å². The molecule has 0 aliphatic carbocycles. The largest absolute Gasteiger partial charge is 0.481 e. The predicted octanol–water partition coefficient (Wildman–Crippen LogP) is 3.31. The Morgan fingerprint density at radius 2 is 1.82 bits per heavy atom. The molecule has 0 atom stereocenters. The maximum atomic E-state index is 10.8. The monoisotopic (exact) mass is 298 g/mol. The van der Waals surface area contributed by atoms with Gasteiger partial charge < -0.3 is 15.7 Å². The zero-order valence-corrected chi connectivity index (χ0v) is 13.0. The normalized spacial score (nSPS) is 10.7. The molecule has 0 aromatic heterocycles. The second-order valence-electron chi connectivity index (χ2n) is 5.67. The molecular formula is C18H22N2O2. The zero-order valence-electron chi connectivity index (χ0n) is 13.0. The number of nitrogens with zero attached hydrogens (tertiary/aromatic N) is 1. The lowest BCUT2D eigenvalue weighted by molar-refractivity contribution is -0.136. The summed E-state index contributed by atoms with van der Waals surface area (Å²) in [6.45, 7) is 5.00. The molecule has 0 heterocycles. The molecule has 0 bridgehead atoms. The number of carboxylic acids is 1. The first-order valence-corrected chi connectivity index (χ1v) is 7.38. The number of hydrogen-bond acceptors (Lipinski definition) is 3. The maximum absolute atomic E-state index is 10.8. The van der Waals surface area contributed by atoms with Crippen LogP contribution in [0.1, 0.15) is 25.0 Å². The Morgan fingerprint density at radius 1 is 1.14 bits per heavy atom. The number of nitrogens with two attached hydrogens (primary N) is 1. The van der Waals surface area contributed by atoms with E-state index in [2.05, 4.69) is 30.9 Å². The first-order chi connectivity index (χ1) is 10.5. The molecule has 0 radical (unpaired) electrons. The summed E-state index contributed by atoms with van der Waals surface area (Å²) in [4.78, 5) is 13.0. The van der Waals surface area contributed by atoms with E-state index < -0.39 is 5.97 Å². The van der Waals surface area contributed by atoms with Crippen molar-refractivity contribution in [1.29, 1.82) is 0 Å². The van der Waals surface area contributed by atoms with Crippen molar-refractivity contribution in [1.82, 2.24) is 0 Å². The fraction of sp³-hybridized carbons (Fsp3) is 0.278. The second-order valence-corrected chi connectivity index (χ2v) is 5.67. The average Bonchev–Trinajstić information content (AvgIpc) is 2.46. The zero-order chi connectivity index (χ0) is 16.1. The SMILES string of the molecule is CC(C)N(Cc1ccccc1)c1ccc(CC(=O)O)cc1N. The van der Waals surface area contributed by atoms with Crippen LogP contribution in [-0.2, 0) is 17.8 Å². The summed E-state index contributed by atoms with van der Waals surface area (Å²) in [6.07, 6.45) is -0.00908. The highest BCUT2D eigenvalue weighted by Gasteiger charge is 2.15. The number of benzene rings is 2. The van der Waals surface area contributed by atoms with Crippen LogP contribution in [0.5, 0.6) is 0 Å². The van der Waals surface area contributed by atoms with Crippen LogP contribution in [0.2, 0.25) is 0 Å². The van der Waals surface area contributed by atoms with Crippen LogP contribution in [0.4, 0.5) is 11.4 Å². The summed E-state index contributed by atoms with van der Waals surface area (Å²) < 4.78 is 0. The fourth-order valence-corrected chi connectivity index (χ4v) is 2.48. The smallest absolute Gasteiger partial charge is 0.307 e. The topological polar surface area (TPSA) is 66.6 Å². The van der Waals surface area contributed by atoms with E-state index in [1.54, 1.807) is 6.07 Å². The predicted molar refractivity (Wildman–Crippen MR) is 90.0 cm³/mol.